The average Bonchev–Trinajstić information content (AvgIpc) is 2.72. The fourth-order valence-corrected chi connectivity index (χ4v) is 2.95. The van der Waals surface area contributed by atoms with Crippen LogP contribution in [0.1, 0.15) is 26.5 Å². The number of aryl methyl sites for hydroxylation is 2. The second kappa shape index (κ2) is 10.0. The van der Waals surface area contributed by atoms with Crippen LogP contribution in [0, 0.1) is 13.8 Å². The summed E-state index contributed by atoms with van der Waals surface area (Å²) in [6.07, 6.45) is 6.96. The number of nitrogens with two attached hydrogens (primary N) is 1. The highest BCUT2D eigenvalue weighted by molar-refractivity contribution is 7.12. The van der Waals surface area contributed by atoms with E-state index in [0.717, 1.165) is 22.5 Å². The fourth-order valence-electron chi connectivity index (χ4n) is 2.31. The fraction of sp³-hybridized carbons (Fsp3) is 0.0952. The summed E-state index contributed by atoms with van der Waals surface area (Å²) in [5, 5.41) is 2.96. The molecule has 1 amide bonds. The quantitative estimate of drug-likeness (QED) is 0.571. The number of aliphatic imine (C=N–C) groups is 1. The van der Waals surface area contributed by atoms with Gasteiger partial charge >= 0.3 is 0 Å². The Bertz CT molecular complexity index is 923. The maximum atomic E-state index is 12.8. The molecule has 0 radical (unpaired) electrons. The Morgan fingerprint density at radius 1 is 1.19 bits per heavy atom. The van der Waals surface area contributed by atoms with Crippen molar-refractivity contribution in [3.63, 3.8) is 0 Å². The van der Waals surface area contributed by atoms with E-state index in [4.69, 9.17) is 5.73 Å². The number of hydrogen-bond acceptors (Lipinski definition) is 5. The number of rotatable bonds is 5. The van der Waals surface area contributed by atoms with Gasteiger partial charge in [0.05, 0.1) is 16.9 Å². The number of carbonyl (C=O) groups excluding carboxylic acids is 1. The topological polar surface area (TPSA) is 80.4 Å². The molecule has 6 heteroatoms. The summed E-state index contributed by atoms with van der Waals surface area (Å²) in [5.41, 5.74) is 11.6. The Kier molecular flexibility index (Phi) is 7.46. The summed E-state index contributed by atoms with van der Waals surface area (Å²) in [5.74, 6) is -0.259. The van der Waals surface area contributed by atoms with Gasteiger partial charge in [-0.25, -0.2) is 4.98 Å². The number of carbonyl (C=O) groups is 1. The lowest BCUT2D eigenvalue weighted by molar-refractivity contribution is 0.103. The number of aromatic nitrogens is 1. The molecule has 1 aromatic carbocycles. The molecule has 2 aromatic rings. The van der Waals surface area contributed by atoms with Crippen molar-refractivity contribution >= 4 is 41.4 Å². The number of nitrogens with zero attached hydrogens (tertiary/aromatic N) is 2. The van der Waals surface area contributed by atoms with Gasteiger partial charge in [0.2, 0.25) is 0 Å². The Morgan fingerprint density at radius 3 is 2.59 bits per heavy atom. The lowest BCUT2D eigenvalue weighted by Gasteiger charge is -2.11. The molecule has 2 rings (SSSR count). The minimum Gasteiger partial charge on any atom is -0.397 e. The van der Waals surface area contributed by atoms with Crippen LogP contribution < -0.4 is 11.1 Å². The third kappa shape index (κ3) is 5.90. The molecule has 3 N–H and O–H groups in total. The molecule has 0 spiro atoms. The predicted molar refractivity (Wildman–Crippen MR) is 116 cm³/mol. The van der Waals surface area contributed by atoms with E-state index in [1.165, 1.54) is 11.3 Å². The average molecular weight is 379 g/mol. The largest absolute Gasteiger partial charge is 0.397 e. The van der Waals surface area contributed by atoms with Crippen LogP contribution in [0.5, 0.6) is 0 Å². The van der Waals surface area contributed by atoms with E-state index < -0.39 is 0 Å². The number of benzene rings is 1. The third-order valence-corrected chi connectivity index (χ3v) is 4.54. The van der Waals surface area contributed by atoms with Gasteiger partial charge in [-0.05, 0) is 56.0 Å². The maximum absolute atomic E-state index is 12.8. The van der Waals surface area contributed by atoms with Gasteiger partial charge in [-0.15, -0.1) is 11.3 Å². The lowest BCUT2D eigenvalue weighted by atomic mass is 10.1. The normalized spacial score (nSPS) is 10.7. The monoisotopic (exact) mass is 378 g/mol. The molecule has 1 heterocycles. The van der Waals surface area contributed by atoms with Crippen molar-refractivity contribution in [2.75, 3.05) is 11.1 Å². The van der Waals surface area contributed by atoms with Crippen molar-refractivity contribution in [2.24, 2.45) is 4.99 Å². The molecular weight excluding hydrogens is 356 g/mol. The lowest BCUT2D eigenvalue weighted by Crippen LogP contribution is -2.14. The van der Waals surface area contributed by atoms with Gasteiger partial charge in [0.1, 0.15) is 4.88 Å². The Labute approximate surface area is 163 Å². The first-order valence-electron chi connectivity index (χ1n) is 8.27. The highest BCUT2D eigenvalue weighted by atomic mass is 32.1. The Morgan fingerprint density at radius 2 is 1.89 bits per heavy atom. The number of amides is 1. The van der Waals surface area contributed by atoms with Gasteiger partial charge in [-0.2, -0.15) is 0 Å². The molecule has 5 nitrogen and oxygen atoms in total. The van der Waals surface area contributed by atoms with Crippen molar-refractivity contribution in [1.82, 2.24) is 4.98 Å². The number of para-hydroxylation sites is 1. The number of nitrogen functional groups attached to an aromatic ring is 1. The summed E-state index contributed by atoms with van der Waals surface area (Å²) in [6.45, 7) is 7.28. The maximum Gasteiger partial charge on any atom is 0.267 e. The van der Waals surface area contributed by atoms with Gasteiger partial charge in [0.25, 0.3) is 5.91 Å². The molecule has 0 fully saturated rings. The summed E-state index contributed by atoms with van der Waals surface area (Å²) < 4.78 is 0. The van der Waals surface area contributed by atoms with E-state index in [-0.39, 0.29) is 5.91 Å². The smallest absolute Gasteiger partial charge is 0.267 e. The molecule has 0 atom stereocenters. The zero-order chi connectivity index (χ0) is 19.6. The first-order valence-corrected chi connectivity index (χ1v) is 9.15. The van der Waals surface area contributed by atoms with Crippen molar-refractivity contribution < 1.29 is 4.79 Å². The summed E-state index contributed by atoms with van der Waals surface area (Å²) in [7, 11) is 0. The van der Waals surface area contributed by atoms with Crippen molar-refractivity contribution in [2.45, 2.75) is 13.8 Å². The molecule has 0 aliphatic rings. The zero-order valence-corrected chi connectivity index (χ0v) is 16.2. The van der Waals surface area contributed by atoms with E-state index >= 15 is 0 Å². The number of allylic oxidation sites excluding steroid dienone is 2. The minimum absolute atomic E-state index is 0.259. The Hall–Kier alpha value is -3.25. The molecule has 0 bridgehead atoms. The number of nitrogens with one attached hydrogen (secondary N) is 1. The summed E-state index contributed by atoms with van der Waals surface area (Å²) >= 11 is 1.18. The highest BCUT2D eigenvalue weighted by Crippen LogP contribution is 2.22. The van der Waals surface area contributed by atoms with Crippen molar-refractivity contribution in [1.29, 1.82) is 0 Å². The molecule has 0 saturated heterocycles. The third-order valence-electron chi connectivity index (χ3n) is 3.67. The van der Waals surface area contributed by atoms with Crippen LogP contribution >= 0.6 is 11.3 Å². The van der Waals surface area contributed by atoms with E-state index in [9.17, 15) is 4.79 Å². The Balaban J connectivity index is 2.34. The van der Waals surface area contributed by atoms with Gasteiger partial charge in [0.15, 0.2) is 0 Å². The van der Waals surface area contributed by atoms with E-state index in [2.05, 4.69) is 22.0 Å². The second-order valence-corrected chi connectivity index (χ2v) is 6.55. The van der Waals surface area contributed by atoms with Crippen LogP contribution in [-0.2, 0) is 0 Å². The van der Waals surface area contributed by atoms with Crippen LogP contribution in [-0.4, -0.2) is 17.6 Å². The summed E-state index contributed by atoms with van der Waals surface area (Å²) in [4.78, 5) is 21.1. The van der Waals surface area contributed by atoms with Crippen LogP contribution in [0.25, 0.3) is 6.08 Å². The minimum atomic E-state index is -0.259. The van der Waals surface area contributed by atoms with Crippen LogP contribution in [0.2, 0.25) is 0 Å². The van der Waals surface area contributed by atoms with Gasteiger partial charge in [-0.3, -0.25) is 9.79 Å². The SMILES string of the molecule is C=N/C=C\C=C\c1cccc(N)c(C(=O)Nc2c(C)cccc2C)scn1. The second-order valence-electron chi connectivity index (χ2n) is 5.69. The molecule has 0 aliphatic carbocycles. The van der Waals surface area contributed by atoms with Crippen molar-refractivity contribution in [3.8, 4) is 0 Å². The molecular formula is C21H22N4OS. The van der Waals surface area contributed by atoms with E-state index in [1.807, 2.05) is 44.2 Å². The molecule has 1 aromatic heterocycles. The molecule has 0 aliphatic heterocycles. The van der Waals surface area contributed by atoms with E-state index in [1.54, 1.807) is 36.0 Å². The standard InChI is InChI=1S/C21H22N4OS/c1-15-8-6-9-16(2)19(15)25-21(26)20-18(22)12-7-11-17(24-14-27-20)10-4-5-13-23-3/h4-14H,3,22H2,1-2H3,(H,25,26)/b10-4+,12-7?,13-5-,17-11?,20-18?,24-14?. The highest BCUT2D eigenvalue weighted by Gasteiger charge is 2.12. The van der Waals surface area contributed by atoms with Crippen LogP contribution in [0.4, 0.5) is 11.4 Å². The van der Waals surface area contributed by atoms with Gasteiger partial charge in [-0.1, -0.05) is 30.3 Å². The van der Waals surface area contributed by atoms with Gasteiger partial charge < -0.3 is 11.1 Å². The number of anilines is 2. The molecule has 138 valence electrons. The van der Waals surface area contributed by atoms with Crippen LogP contribution in [0.15, 0.2) is 65.3 Å². The first kappa shape index (κ1) is 20.1. The van der Waals surface area contributed by atoms with E-state index in [0.29, 0.717) is 10.6 Å². The predicted octanol–water partition coefficient (Wildman–Crippen LogP) is 4.95. The first-order chi connectivity index (χ1) is 13.0. The van der Waals surface area contributed by atoms with Crippen LogP contribution in [0.3, 0.4) is 0 Å². The summed E-state index contributed by atoms with van der Waals surface area (Å²) in [6, 6.07) is 11.1. The van der Waals surface area contributed by atoms with Gasteiger partial charge in [0, 0.05) is 11.9 Å². The number of hydrogen-bond donors (Lipinski definition) is 2. The molecule has 27 heavy (non-hydrogen) atoms. The molecule has 0 saturated carbocycles. The van der Waals surface area contributed by atoms with Crippen molar-refractivity contribution in [3.05, 3.63) is 82.0 Å². The molecule has 0 unspecified atom stereocenters. The zero-order valence-electron chi connectivity index (χ0n) is 15.3.